The first-order valence-corrected chi connectivity index (χ1v) is 7.50. The van der Waals surface area contributed by atoms with E-state index < -0.39 is 0 Å². The molecule has 0 radical (unpaired) electrons. The van der Waals surface area contributed by atoms with Crippen molar-refractivity contribution < 1.29 is 9.66 Å². The van der Waals surface area contributed by atoms with E-state index in [1.165, 1.54) is 0 Å². The third-order valence-electron chi connectivity index (χ3n) is 4.78. The summed E-state index contributed by atoms with van der Waals surface area (Å²) in [6.07, 6.45) is 1.03. The second-order valence-corrected chi connectivity index (χ2v) is 5.97. The minimum Gasteiger partial charge on any atom is -0.375 e. The normalized spacial score (nSPS) is 30.3. The van der Waals surface area contributed by atoms with E-state index in [9.17, 15) is 10.1 Å². The molecule has 21 heavy (non-hydrogen) atoms. The highest BCUT2D eigenvalue weighted by Gasteiger charge is 2.41. The third-order valence-corrected chi connectivity index (χ3v) is 4.78. The van der Waals surface area contributed by atoms with Gasteiger partial charge in [0.05, 0.1) is 17.1 Å². The van der Waals surface area contributed by atoms with Gasteiger partial charge in [0, 0.05) is 23.6 Å². The fourth-order valence-electron chi connectivity index (χ4n) is 3.52. The predicted molar refractivity (Wildman–Crippen MR) is 82.3 cm³/mol. The summed E-state index contributed by atoms with van der Waals surface area (Å²) in [7, 11) is 1.92. The van der Waals surface area contributed by atoms with E-state index in [1.54, 1.807) is 12.1 Å². The lowest BCUT2D eigenvalue weighted by Crippen LogP contribution is -2.41. The van der Waals surface area contributed by atoms with Crippen LogP contribution in [-0.4, -0.2) is 30.2 Å². The molecular weight excluding hydrogens is 268 g/mol. The van der Waals surface area contributed by atoms with Gasteiger partial charge in [-0.3, -0.25) is 10.1 Å². The number of ether oxygens (including phenoxy) is 1. The van der Waals surface area contributed by atoms with Gasteiger partial charge in [-0.05, 0) is 33.2 Å². The first kappa shape index (κ1) is 15.9. The standard InChI is InChI=1S/C16H24N2O3/c1-10-11(2)21-12(3)16(10)14(17-4)9-13-7-5-6-8-15(13)18(19)20/h5-8,10-12,14,16-17H,9H2,1-4H3. The molecule has 1 N–H and O–H groups in total. The predicted octanol–water partition coefficient (Wildman–Crippen LogP) is 2.78. The molecule has 116 valence electrons. The number of para-hydroxylation sites is 1. The fraction of sp³-hybridized carbons (Fsp3) is 0.625. The number of benzene rings is 1. The van der Waals surface area contributed by atoms with Gasteiger partial charge in [0.2, 0.25) is 0 Å². The summed E-state index contributed by atoms with van der Waals surface area (Å²) in [6, 6.07) is 7.15. The Morgan fingerprint density at radius 2 is 1.95 bits per heavy atom. The minimum atomic E-state index is -0.303. The smallest absolute Gasteiger partial charge is 0.272 e. The zero-order valence-electron chi connectivity index (χ0n) is 13.1. The Hall–Kier alpha value is -1.46. The Labute approximate surface area is 125 Å². The molecule has 1 aromatic rings. The molecule has 1 fully saturated rings. The topological polar surface area (TPSA) is 64.4 Å². The lowest BCUT2D eigenvalue weighted by atomic mass is 9.81. The van der Waals surface area contributed by atoms with E-state index in [0.29, 0.717) is 18.3 Å². The van der Waals surface area contributed by atoms with Crippen molar-refractivity contribution in [1.82, 2.24) is 5.32 Å². The van der Waals surface area contributed by atoms with E-state index in [2.05, 4.69) is 26.1 Å². The quantitative estimate of drug-likeness (QED) is 0.669. The van der Waals surface area contributed by atoms with Crippen LogP contribution >= 0.6 is 0 Å². The van der Waals surface area contributed by atoms with Crippen LogP contribution in [0.15, 0.2) is 24.3 Å². The van der Waals surface area contributed by atoms with E-state index in [0.717, 1.165) is 5.56 Å². The summed E-state index contributed by atoms with van der Waals surface area (Å²) in [4.78, 5) is 10.9. The highest BCUT2D eigenvalue weighted by molar-refractivity contribution is 5.40. The zero-order chi connectivity index (χ0) is 15.6. The number of nitro groups is 1. The van der Waals surface area contributed by atoms with Gasteiger partial charge in [-0.15, -0.1) is 0 Å². The van der Waals surface area contributed by atoms with Crippen LogP contribution in [-0.2, 0) is 11.2 Å². The van der Waals surface area contributed by atoms with Crippen LogP contribution in [0.2, 0.25) is 0 Å². The van der Waals surface area contributed by atoms with Crippen molar-refractivity contribution >= 4 is 5.69 Å². The molecule has 0 aromatic heterocycles. The van der Waals surface area contributed by atoms with Crippen molar-refractivity contribution in [1.29, 1.82) is 0 Å². The summed E-state index contributed by atoms with van der Waals surface area (Å²) in [5.74, 6) is 0.782. The molecule has 1 aliphatic rings. The molecule has 1 saturated heterocycles. The molecule has 0 amide bonds. The van der Waals surface area contributed by atoms with Crippen LogP contribution in [0, 0.1) is 22.0 Å². The van der Waals surface area contributed by atoms with Gasteiger partial charge in [-0.1, -0.05) is 25.1 Å². The molecule has 0 aliphatic carbocycles. The Morgan fingerprint density at radius 3 is 2.48 bits per heavy atom. The van der Waals surface area contributed by atoms with Crippen LogP contribution < -0.4 is 5.32 Å². The van der Waals surface area contributed by atoms with Gasteiger partial charge in [-0.2, -0.15) is 0 Å². The van der Waals surface area contributed by atoms with Gasteiger partial charge >= 0.3 is 0 Å². The van der Waals surface area contributed by atoms with E-state index in [-0.39, 0.29) is 28.9 Å². The molecule has 1 heterocycles. The number of nitrogens with one attached hydrogen (secondary N) is 1. The Kier molecular flexibility index (Phi) is 4.96. The van der Waals surface area contributed by atoms with Crippen LogP contribution in [0.25, 0.3) is 0 Å². The monoisotopic (exact) mass is 292 g/mol. The SMILES string of the molecule is CNC(Cc1ccccc1[N+](=O)[O-])C1C(C)OC(C)C1C. The van der Waals surface area contributed by atoms with Crippen LogP contribution in [0.5, 0.6) is 0 Å². The third kappa shape index (κ3) is 3.24. The average Bonchev–Trinajstić information content (AvgIpc) is 2.70. The average molecular weight is 292 g/mol. The Morgan fingerprint density at radius 1 is 1.29 bits per heavy atom. The van der Waals surface area contributed by atoms with Gasteiger partial charge in [0.25, 0.3) is 5.69 Å². The summed E-state index contributed by atoms with van der Waals surface area (Å²) in [6.45, 7) is 6.38. The molecule has 0 saturated carbocycles. The molecule has 2 rings (SSSR count). The Bertz CT molecular complexity index is 506. The number of nitro benzene ring substituents is 1. The fourth-order valence-corrected chi connectivity index (χ4v) is 3.52. The molecule has 5 unspecified atom stereocenters. The molecule has 5 nitrogen and oxygen atoms in total. The second kappa shape index (κ2) is 6.54. The highest BCUT2D eigenvalue weighted by atomic mass is 16.6. The maximum Gasteiger partial charge on any atom is 0.272 e. The van der Waals surface area contributed by atoms with Crippen LogP contribution in [0.4, 0.5) is 5.69 Å². The first-order chi connectivity index (χ1) is 9.95. The minimum absolute atomic E-state index is 0.162. The number of hydrogen-bond donors (Lipinski definition) is 1. The van der Waals surface area contributed by atoms with Crippen molar-refractivity contribution in [2.75, 3.05) is 7.05 Å². The number of likely N-dealkylation sites (N-methyl/N-ethyl adjacent to an activating group) is 1. The van der Waals surface area contributed by atoms with E-state index in [1.807, 2.05) is 19.2 Å². The van der Waals surface area contributed by atoms with Crippen molar-refractivity contribution in [2.24, 2.45) is 11.8 Å². The molecule has 0 bridgehead atoms. The van der Waals surface area contributed by atoms with Crippen molar-refractivity contribution in [3.63, 3.8) is 0 Å². The summed E-state index contributed by atoms with van der Waals surface area (Å²) in [5.41, 5.74) is 0.978. The lowest BCUT2D eigenvalue weighted by Gasteiger charge is -2.28. The number of rotatable bonds is 5. The van der Waals surface area contributed by atoms with Crippen molar-refractivity contribution in [3.8, 4) is 0 Å². The summed E-state index contributed by atoms with van der Waals surface area (Å²) >= 11 is 0. The zero-order valence-corrected chi connectivity index (χ0v) is 13.1. The first-order valence-electron chi connectivity index (χ1n) is 7.50. The molecule has 0 spiro atoms. The number of nitrogens with zero attached hydrogens (tertiary/aromatic N) is 1. The van der Waals surface area contributed by atoms with Crippen molar-refractivity contribution in [3.05, 3.63) is 39.9 Å². The van der Waals surface area contributed by atoms with E-state index in [4.69, 9.17) is 4.74 Å². The van der Waals surface area contributed by atoms with Gasteiger partial charge < -0.3 is 10.1 Å². The summed E-state index contributed by atoms with van der Waals surface area (Å²) in [5, 5.41) is 14.5. The Balaban J connectivity index is 2.22. The molecular formula is C16H24N2O3. The van der Waals surface area contributed by atoms with Gasteiger partial charge in [0.1, 0.15) is 0 Å². The van der Waals surface area contributed by atoms with Crippen LogP contribution in [0.3, 0.4) is 0 Å². The van der Waals surface area contributed by atoms with Gasteiger partial charge in [0.15, 0.2) is 0 Å². The molecule has 1 aromatic carbocycles. The van der Waals surface area contributed by atoms with E-state index >= 15 is 0 Å². The lowest BCUT2D eigenvalue weighted by molar-refractivity contribution is -0.385. The maximum atomic E-state index is 11.2. The summed E-state index contributed by atoms with van der Waals surface area (Å²) < 4.78 is 5.91. The largest absolute Gasteiger partial charge is 0.375 e. The van der Waals surface area contributed by atoms with Crippen LogP contribution in [0.1, 0.15) is 26.3 Å². The second-order valence-electron chi connectivity index (χ2n) is 5.97. The molecule has 5 atom stereocenters. The molecule has 1 aliphatic heterocycles. The molecule has 5 heteroatoms. The number of hydrogen-bond acceptors (Lipinski definition) is 4. The van der Waals surface area contributed by atoms with Crippen molar-refractivity contribution in [2.45, 2.75) is 45.4 Å². The highest BCUT2D eigenvalue weighted by Crippen LogP contribution is 2.36. The van der Waals surface area contributed by atoms with Gasteiger partial charge in [-0.25, -0.2) is 0 Å². The maximum absolute atomic E-state index is 11.2.